The number of aryl methyl sites for hydroxylation is 1. The van der Waals surface area contributed by atoms with Crippen LogP contribution in [0.3, 0.4) is 0 Å². The number of pyridine rings is 1. The number of nitrogens with one attached hydrogen (secondary N) is 1. The van der Waals surface area contributed by atoms with Gasteiger partial charge in [-0.05, 0) is 36.4 Å². The summed E-state index contributed by atoms with van der Waals surface area (Å²) in [5.41, 5.74) is 5.00. The summed E-state index contributed by atoms with van der Waals surface area (Å²) in [5, 5.41) is 5.18. The van der Waals surface area contributed by atoms with Gasteiger partial charge in [0.2, 0.25) is 0 Å². The molecule has 0 unspecified atom stereocenters. The van der Waals surface area contributed by atoms with Gasteiger partial charge in [0, 0.05) is 18.9 Å². The number of alkyl halides is 8. The van der Waals surface area contributed by atoms with Gasteiger partial charge < -0.3 is 20.8 Å². The van der Waals surface area contributed by atoms with Crippen molar-refractivity contribution in [2.75, 3.05) is 18.1 Å². The predicted molar refractivity (Wildman–Crippen MR) is 143 cm³/mol. The van der Waals surface area contributed by atoms with Crippen molar-refractivity contribution < 1.29 is 44.3 Å². The van der Waals surface area contributed by atoms with Gasteiger partial charge in [-0.15, -0.1) is 0 Å². The van der Waals surface area contributed by atoms with Crippen molar-refractivity contribution in [1.82, 2.24) is 24.7 Å². The number of benzene rings is 1. The highest BCUT2D eigenvalue weighted by Crippen LogP contribution is 2.34. The van der Waals surface area contributed by atoms with Crippen LogP contribution in [0.5, 0.6) is 0 Å². The summed E-state index contributed by atoms with van der Waals surface area (Å²) in [5.74, 6) is -2.04. The molecule has 19 heteroatoms. The fraction of sp³-hybridized carbons (Fsp3) is 0.346. The van der Waals surface area contributed by atoms with Crippen LogP contribution in [-0.4, -0.2) is 38.0 Å². The van der Waals surface area contributed by atoms with E-state index in [0.717, 1.165) is 12.3 Å². The van der Waals surface area contributed by atoms with Crippen molar-refractivity contribution in [2.45, 2.75) is 51.2 Å². The normalized spacial score (nSPS) is 12.0. The van der Waals surface area contributed by atoms with Gasteiger partial charge >= 0.3 is 19.0 Å². The molecule has 0 aliphatic rings. The summed E-state index contributed by atoms with van der Waals surface area (Å²) in [7, 11) is 0. The molecule has 0 fully saturated rings. The van der Waals surface area contributed by atoms with Crippen LogP contribution in [0.1, 0.15) is 36.8 Å². The van der Waals surface area contributed by atoms with E-state index in [1.165, 1.54) is 16.8 Å². The number of H-pyrrole nitrogens is 1. The molecule has 0 aliphatic carbocycles. The first kappa shape index (κ1) is 34.8. The van der Waals surface area contributed by atoms with Gasteiger partial charge in [0.05, 0.1) is 29.4 Å². The summed E-state index contributed by atoms with van der Waals surface area (Å²) in [4.78, 5) is 30.4. The number of halogens is 9. The van der Waals surface area contributed by atoms with Crippen molar-refractivity contribution in [1.29, 1.82) is 0 Å². The first-order chi connectivity index (χ1) is 21.0. The summed E-state index contributed by atoms with van der Waals surface area (Å²) in [6.45, 7) is -2.47. The van der Waals surface area contributed by atoms with Crippen molar-refractivity contribution in [3.8, 4) is 11.4 Å². The largest absolute Gasteiger partial charge is 0.423 e. The fourth-order valence-corrected chi connectivity index (χ4v) is 4.01. The van der Waals surface area contributed by atoms with Crippen molar-refractivity contribution >= 4 is 22.3 Å². The van der Waals surface area contributed by atoms with Gasteiger partial charge in [0.15, 0.2) is 5.82 Å². The second kappa shape index (κ2) is 14.4. The van der Waals surface area contributed by atoms with E-state index >= 15 is 0 Å². The standard InChI is InChI=1S/C21H20F6N4O2.C5H4F3N3O/c22-16-10-13-12(9-14(16)18-29-11-15(17(28)30-18)21(25,26)27)5-7-31(19(13)32)6-3-1-2-4-8-33-20(23)24;6-5(7,8)3-2(9)1-10-11-4(3)12/h5,7,9-11,20H,1-4,6,8H2,(H2,28,29,30);1H,(H3,9,11,12). The lowest BCUT2D eigenvalue weighted by atomic mass is 10.1. The van der Waals surface area contributed by atoms with Crippen molar-refractivity contribution in [2.24, 2.45) is 0 Å². The number of hydrogen-bond acceptors (Lipinski definition) is 8. The Labute approximate surface area is 246 Å². The zero-order valence-corrected chi connectivity index (χ0v) is 22.9. The molecule has 0 radical (unpaired) electrons. The third kappa shape index (κ3) is 9.16. The number of nitrogens with zero attached hydrogens (tertiary/aromatic N) is 4. The van der Waals surface area contributed by atoms with E-state index in [0.29, 0.717) is 43.8 Å². The summed E-state index contributed by atoms with van der Waals surface area (Å²) >= 11 is 0. The lowest BCUT2D eigenvalue weighted by Crippen LogP contribution is -2.24. The highest BCUT2D eigenvalue weighted by Gasteiger charge is 2.36. The number of aromatic nitrogens is 5. The number of nitrogen functional groups attached to an aromatic ring is 2. The molecule has 0 aliphatic heterocycles. The van der Waals surface area contributed by atoms with Crippen LogP contribution in [0.4, 0.5) is 51.0 Å². The van der Waals surface area contributed by atoms with Crippen molar-refractivity contribution in [3.63, 3.8) is 0 Å². The molecule has 0 spiro atoms. The Balaban J connectivity index is 0.000000385. The average molecular weight is 654 g/mol. The Bertz CT molecular complexity index is 1740. The minimum Gasteiger partial charge on any atom is -0.397 e. The molecule has 10 nitrogen and oxygen atoms in total. The molecule has 0 atom stereocenters. The smallest absolute Gasteiger partial charge is 0.397 e. The molecule has 1 aromatic carbocycles. The number of ether oxygens (including phenoxy) is 1. The van der Waals surface area contributed by atoms with Crippen LogP contribution in [0.2, 0.25) is 0 Å². The predicted octanol–water partition coefficient (Wildman–Crippen LogP) is 5.37. The summed E-state index contributed by atoms with van der Waals surface area (Å²) < 4.78 is 119. The van der Waals surface area contributed by atoms with E-state index in [4.69, 9.17) is 11.5 Å². The van der Waals surface area contributed by atoms with E-state index in [-0.39, 0.29) is 23.4 Å². The Kier molecular flexibility index (Phi) is 11.1. The highest BCUT2D eigenvalue weighted by molar-refractivity contribution is 5.86. The van der Waals surface area contributed by atoms with Crippen LogP contribution in [0.15, 0.2) is 46.4 Å². The molecule has 45 heavy (non-hydrogen) atoms. The molecule has 0 saturated heterocycles. The van der Waals surface area contributed by atoms with Crippen LogP contribution in [-0.2, 0) is 23.6 Å². The average Bonchev–Trinajstić information content (AvgIpc) is 2.92. The quantitative estimate of drug-likeness (QED) is 0.161. The minimum absolute atomic E-state index is 0.0382. The summed E-state index contributed by atoms with van der Waals surface area (Å²) in [6.07, 6.45) is -4.30. The Morgan fingerprint density at radius 3 is 2.22 bits per heavy atom. The van der Waals surface area contributed by atoms with Crippen LogP contribution < -0.4 is 22.6 Å². The molecule has 0 bridgehead atoms. The van der Waals surface area contributed by atoms with E-state index in [9.17, 15) is 49.1 Å². The third-order valence-corrected chi connectivity index (χ3v) is 6.14. The zero-order chi connectivity index (χ0) is 33.5. The third-order valence-electron chi connectivity index (χ3n) is 6.14. The number of unbranched alkanes of at least 4 members (excludes halogenated alkanes) is 3. The Hall–Kier alpha value is -4.68. The van der Waals surface area contributed by atoms with E-state index in [1.807, 2.05) is 0 Å². The number of anilines is 2. The van der Waals surface area contributed by atoms with Gasteiger partial charge in [0.1, 0.15) is 22.8 Å². The van der Waals surface area contributed by atoms with Gasteiger partial charge in [-0.2, -0.15) is 40.2 Å². The minimum atomic E-state index is -4.74. The molecule has 3 aromatic heterocycles. The van der Waals surface area contributed by atoms with Gasteiger partial charge in [0.25, 0.3) is 11.1 Å². The maximum absolute atomic E-state index is 14.7. The van der Waals surface area contributed by atoms with E-state index < -0.39 is 58.5 Å². The number of rotatable bonds is 9. The Morgan fingerprint density at radius 2 is 1.64 bits per heavy atom. The maximum atomic E-state index is 14.7. The number of hydrogen-bond donors (Lipinski definition) is 3. The first-order valence-corrected chi connectivity index (χ1v) is 12.8. The first-order valence-electron chi connectivity index (χ1n) is 12.8. The van der Waals surface area contributed by atoms with Crippen LogP contribution >= 0.6 is 0 Å². The number of fused-ring (bicyclic) bond motifs is 1. The van der Waals surface area contributed by atoms with Crippen LogP contribution in [0, 0.1) is 5.82 Å². The highest BCUT2D eigenvalue weighted by atomic mass is 19.4. The molecule has 5 N–H and O–H groups in total. The SMILES string of the molecule is Nc1cn[nH]c(=O)c1C(F)(F)F.Nc1nc(-c2cc3ccn(CCCCCCOC(F)F)c(=O)c3cc2F)ncc1C(F)(F)F. The number of nitrogens with two attached hydrogens (primary N) is 2. The lowest BCUT2D eigenvalue weighted by Gasteiger charge is -2.11. The Morgan fingerprint density at radius 1 is 0.956 bits per heavy atom. The van der Waals surface area contributed by atoms with Crippen LogP contribution in [0.25, 0.3) is 22.2 Å². The van der Waals surface area contributed by atoms with Gasteiger partial charge in [-0.3, -0.25) is 9.59 Å². The molecule has 0 amide bonds. The second-order valence-electron chi connectivity index (χ2n) is 9.30. The second-order valence-corrected chi connectivity index (χ2v) is 9.30. The lowest BCUT2D eigenvalue weighted by molar-refractivity contribution is -0.138. The van der Waals surface area contributed by atoms with Crippen molar-refractivity contribution in [3.05, 3.63) is 74.4 Å². The molecular weight excluding hydrogens is 629 g/mol. The molecule has 4 rings (SSSR count). The van der Waals surface area contributed by atoms with Gasteiger partial charge in [-0.25, -0.2) is 19.5 Å². The summed E-state index contributed by atoms with van der Waals surface area (Å²) in [6, 6.07) is 3.84. The molecule has 244 valence electrons. The number of aromatic amines is 1. The molecule has 4 aromatic rings. The molecular formula is C26H24F9N7O3. The zero-order valence-electron chi connectivity index (χ0n) is 22.9. The molecule has 0 saturated carbocycles. The van der Waals surface area contributed by atoms with E-state index in [2.05, 4.69) is 19.8 Å². The van der Waals surface area contributed by atoms with E-state index in [1.54, 1.807) is 11.2 Å². The topological polar surface area (TPSA) is 155 Å². The molecule has 3 heterocycles. The monoisotopic (exact) mass is 653 g/mol. The van der Waals surface area contributed by atoms with Gasteiger partial charge in [-0.1, -0.05) is 12.8 Å². The maximum Gasteiger partial charge on any atom is 0.423 e. The fourth-order valence-electron chi connectivity index (χ4n) is 4.01.